The molecule has 1 unspecified atom stereocenters. The first-order valence-corrected chi connectivity index (χ1v) is 6.16. The molecule has 7 heteroatoms. The molecule has 1 N–H and O–H groups in total. The topological polar surface area (TPSA) is 98.3 Å². The summed E-state index contributed by atoms with van der Waals surface area (Å²) in [5.41, 5.74) is -0.187. The predicted molar refractivity (Wildman–Crippen MR) is 70.2 cm³/mol. The Morgan fingerprint density at radius 2 is 2.00 bits per heavy atom. The summed E-state index contributed by atoms with van der Waals surface area (Å²) in [5, 5.41) is 24.6. The zero-order chi connectivity index (χ0) is 14.0. The number of benzene rings is 1. The molecule has 19 heavy (non-hydrogen) atoms. The SMILES string of the molecule is CC(CC1CC1)Nc1ccc([N+](=O)[O-])cc1[N+](=O)[O-]. The van der Waals surface area contributed by atoms with Crippen molar-refractivity contribution >= 4 is 17.1 Å². The van der Waals surface area contributed by atoms with E-state index < -0.39 is 9.85 Å². The summed E-state index contributed by atoms with van der Waals surface area (Å²) in [5.74, 6) is 0.708. The third-order valence-corrected chi connectivity index (χ3v) is 3.17. The zero-order valence-electron chi connectivity index (χ0n) is 10.5. The van der Waals surface area contributed by atoms with Crippen molar-refractivity contribution in [2.45, 2.75) is 32.2 Å². The van der Waals surface area contributed by atoms with Gasteiger partial charge < -0.3 is 5.32 Å². The third kappa shape index (κ3) is 3.40. The van der Waals surface area contributed by atoms with E-state index in [1.807, 2.05) is 6.92 Å². The van der Waals surface area contributed by atoms with Crippen LogP contribution in [0.3, 0.4) is 0 Å². The summed E-state index contributed by atoms with van der Waals surface area (Å²) in [7, 11) is 0. The molecule has 1 aliphatic rings. The van der Waals surface area contributed by atoms with Gasteiger partial charge in [-0.15, -0.1) is 0 Å². The maximum atomic E-state index is 11.0. The molecule has 102 valence electrons. The second-order valence-corrected chi connectivity index (χ2v) is 4.94. The summed E-state index contributed by atoms with van der Waals surface area (Å²) in [6.45, 7) is 1.96. The molecule has 0 aromatic heterocycles. The highest BCUT2D eigenvalue weighted by Crippen LogP contribution is 2.35. The lowest BCUT2D eigenvalue weighted by molar-refractivity contribution is -0.393. The number of nitrogens with one attached hydrogen (secondary N) is 1. The highest BCUT2D eigenvalue weighted by atomic mass is 16.6. The molecule has 1 aromatic rings. The molecule has 0 radical (unpaired) electrons. The molecule has 0 saturated heterocycles. The van der Waals surface area contributed by atoms with Crippen LogP contribution in [0.4, 0.5) is 17.1 Å². The van der Waals surface area contributed by atoms with Gasteiger partial charge in [0.05, 0.1) is 15.9 Å². The Morgan fingerprint density at radius 3 is 2.53 bits per heavy atom. The number of nitro groups is 2. The maximum absolute atomic E-state index is 11.0. The van der Waals surface area contributed by atoms with Crippen LogP contribution in [0.5, 0.6) is 0 Å². The number of nitrogens with zero attached hydrogens (tertiary/aromatic N) is 2. The van der Waals surface area contributed by atoms with E-state index in [4.69, 9.17) is 0 Å². The highest BCUT2D eigenvalue weighted by molar-refractivity contribution is 5.65. The normalized spacial score (nSPS) is 15.8. The number of non-ortho nitro benzene ring substituents is 1. The summed E-state index contributed by atoms with van der Waals surface area (Å²) >= 11 is 0. The number of rotatable bonds is 6. The first-order valence-electron chi connectivity index (χ1n) is 6.16. The lowest BCUT2D eigenvalue weighted by Crippen LogP contribution is -2.16. The van der Waals surface area contributed by atoms with Crippen LogP contribution < -0.4 is 5.32 Å². The van der Waals surface area contributed by atoms with Crippen molar-refractivity contribution in [3.63, 3.8) is 0 Å². The van der Waals surface area contributed by atoms with Crippen LogP contribution in [-0.4, -0.2) is 15.9 Å². The molecule has 7 nitrogen and oxygen atoms in total. The van der Waals surface area contributed by atoms with Crippen LogP contribution in [0.1, 0.15) is 26.2 Å². The van der Waals surface area contributed by atoms with Gasteiger partial charge in [-0.2, -0.15) is 0 Å². The summed E-state index contributed by atoms with van der Waals surface area (Å²) in [6, 6.07) is 3.79. The van der Waals surface area contributed by atoms with Gasteiger partial charge in [0.2, 0.25) is 0 Å². The lowest BCUT2D eigenvalue weighted by Gasteiger charge is -2.14. The molecule has 0 aliphatic heterocycles. The average molecular weight is 265 g/mol. The van der Waals surface area contributed by atoms with Gasteiger partial charge in [0.25, 0.3) is 11.4 Å². The molecule has 2 rings (SSSR count). The first kappa shape index (κ1) is 13.3. The quantitative estimate of drug-likeness (QED) is 0.629. The Kier molecular flexibility index (Phi) is 3.64. The van der Waals surface area contributed by atoms with Crippen LogP contribution in [-0.2, 0) is 0 Å². The van der Waals surface area contributed by atoms with Crippen molar-refractivity contribution in [2.75, 3.05) is 5.32 Å². The molecule has 0 spiro atoms. The summed E-state index contributed by atoms with van der Waals surface area (Å²) < 4.78 is 0. The molecular weight excluding hydrogens is 250 g/mol. The van der Waals surface area contributed by atoms with Gasteiger partial charge in [-0.1, -0.05) is 12.8 Å². The van der Waals surface area contributed by atoms with Crippen LogP contribution in [0.25, 0.3) is 0 Å². The Hall–Kier alpha value is -2.18. The van der Waals surface area contributed by atoms with Crippen molar-refractivity contribution in [3.05, 3.63) is 38.4 Å². The van der Waals surface area contributed by atoms with E-state index in [0.717, 1.165) is 12.5 Å². The van der Waals surface area contributed by atoms with Crippen molar-refractivity contribution < 1.29 is 9.85 Å². The van der Waals surface area contributed by atoms with E-state index in [9.17, 15) is 20.2 Å². The molecule has 0 bridgehead atoms. The van der Waals surface area contributed by atoms with Gasteiger partial charge in [-0.05, 0) is 25.3 Å². The Balaban J connectivity index is 2.17. The molecule has 1 fully saturated rings. The number of hydrogen-bond donors (Lipinski definition) is 1. The molecule has 1 atom stereocenters. The number of anilines is 1. The van der Waals surface area contributed by atoms with E-state index in [1.54, 1.807) is 0 Å². The monoisotopic (exact) mass is 265 g/mol. The summed E-state index contributed by atoms with van der Waals surface area (Å²) in [6.07, 6.45) is 3.40. The first-order chi connectivity index (χ1) is 8.97. The van der Waals surface area contributed by atoms with Crippen molar-refractivity contribution in [3.8, 4) is 0 Å². The lowest BCUT2D eigenvalue weighted by atomic mass is 10.1. The highest BCUT2D eigenvalue weighted by Gasteiger charge is 2.25. The Bertz CT molecular complexity index is 514. The van der Waals surface area contributed by atoms with E-state index in [1.165, 1.54) is 25.0 Å². The molecular formula is C12H15N3O4. The second kappa shape index (κ2) is 5.21. The molecule has 0 amide bonds. The van der Waals surface area contributed by atoms with Gasteiger partial charge in [-0.3, -0.25) is 20.2 Å². The minimum absolute atomic E-state index is 0.118. The van der Waals surface area contributed by atoms with Crippen LogP contribution in [0.15, 0.2) is 18.2 Å². The van der Waals surface area contributed by atoms with Gasteiger partial charge in [0.1, 0.15) is 5.69 Å². The third-order valence-electron chi connectivity index (χ3n) is 3.17. The smallest absolute Gasteiger partial charge is 0.299 e. The fourth-order valence-corrected chi connectivity index (χ4v) is 2.08. The van der Waals surface area contributed by atoms with Crippen molar-refractivity contribution in [1.82, 2.24) is 0 Å². The fraction of sp³-hybridized carbons (Fsp3) is 0.500. The van der Waals surface area contributed by atoms with Gasteiger partial charge in [0, 0.05) is 12.1 Å². The standard InChI is InChI=1S/C12H15N3O4/c1-8(6-9-2-3-9)13-11-5-4-10(14(16)17)7-12(11)15(18)19/h4-5,7-9,13H,2-3,6H2,1H3. The summed E-state index contributed by atoms with van der Waals surface area (Å²) in [4.78, 5) is 20.3. The largest absolute Gasteiger partial charge is 0.377 e. The second-order valence-electron chi connectivity index (χ2n) is 4.94. The van der Waals surface area contributed by atoms with E-state index in [2.05, 4.69) is 5.32 Å². The Labute approximate surface area is 109 Å². The number of nitro benzene ring substituents is 2. The molecule has 0 heterocycles. The molecule has 1 aliphatic carbocycles. The average Bonchev–Trinajstić information content (AvgIpc) is 3.12. The fourth-order valence-electron chi connectivity index (χ4n) is 2.08. The van der Waals surface area contributed by atoms with Gasteiger partial charge >= 0.3 is 0 Å². The van der Waals surface area contributed by atoms with Crippen LogP contribution >= 0.6 is 0 Å². The zero-order valence-corrected chi connectivity index (χ0v) is 10.5. The Morgan fingerprint density at radius 1 is 1.32 bits per heavy atom. The van der Waals surface area contributed by atoms with Gasteiger partial charge in [-0.25, -0.2) is 0 Å². The number of hydrogen-bond acceptors (Lipinski definition) is 5. The van der Waals surface area contributed by atoms with Crippen LogP contribution in [0, 0.1) is 26.1 Å². The minimum atomic E-state index is -0.635. The van der Waals surface area contributed by atoms with E-state index in [0.29, 0.717) is 11.6 Å². The van der Waals surface area contributed by atoms with E-state index >= 15 is 0 Å². The van der Waals surface area contributed by atoms with Crippen LogP contribution in [0.2, 0.25) is 0 Å². The molecule has 1 saturated carbocycles. The maximum Gasteiger partial charge on any atom is 0.299 e. The van der Waals surface area contributed by atoms with Gasteiger partial charge in [0.15, 0.2) is 0 Å². The predicted octanol–water partition coefficient (Wildman–Crippen LogP) is 3.10. The van der Waals surface area contributed by atoms with Crippen molar-refractivity contribution in [1.29, 1.82) is 0 Å². The minimum Gasteiger partial charge on any atom is -0.377 e. The molecule has 1 aromatic carbocycles. The van der Waals surface area contributed by atoms with Crippen molar-refractivity contribution in [2.24, 2.45) is 5.92 Å². The van der Waals surface area contributed by atoms with E-state index in [-0.39, 0.29) is 17.4 Å².